The van der Waals surface area contributed by atoms with Gasteiger partial charge in [-0.05, 0) is 19.9 Å². The van der Waals surface area contributed by atoms with Crippen LogP contribution in [0.3, 0.4) is 0 Å². The number of thiazole rings is 1. The van der Waals surface area contributed by atoms with Gasteiger partial charge in [-0.1, -0.05) is 0 Å². The van der Waals surface area contributed by atoms with Crippen molar-refractivity contribution in [1.29, 1.82) is 0 Å². The van der Waals surface area contributed by atoms with Gasteiger partial charge in [-0.2, -0.15) is 0 Å². The van der Waals surface area contributed by atoms with Crippen molar-refractivity contribution in [3.63, 3.8) is 0 Å². The molecule has 0 bridgehead atoms. The zero-order chi connectivity index (χ0) is 9.10. The summed E-state index contributed by atoms with van der Waals surface area (Å²) in [6, 6.07) is 1.02. The van der Waals surface area contributed by atoms with Gasteiger partial charge in [0.2, 0.25) is 0 Å². The number of rotatable bonds is 3. The van der Waals surface area contributed by atoms with Gasteiger partial charge in [0.25, 0.3) is 0 Å². The van der Waals surface area contributed by atoms with Crippen LogP contribution in [0.1, 0.15) is 24.4 Å². The van der Waals surface area contributed by atoms with E-state index in [4.69, 9.17) is 0 Å². The molecule has 1 aromatic rings. The SMILES string of the molecule is C[C@@H](N[C@H]1CCNC1)c1nccs1. The van der Waals surface area contributed by atoms with Gasteiger partial charge >= 0.3 is 0 Å². The molecular formula is C9H15N3S. The van der Waals surface area contributed by atoms with E-state index in [1.165, 1.54) is 11.4 Å². The maximum Gasteiger partial charge on any atom is 0.109 e. The Morgan fingerprint density at radius 2 is 2.69 bits per heavy atom. The smallest absolute Gasteiger partial charge is 0.109 e. The molecular weight excluding hydrogens is 182 g/mol. The lowest BCUT2D eigenvalue weighted by Gasteiger charge is -2.16. The van der Waals surface area contributed by atoms with Crippen molar-refractivity contribution in [3.8, 4) is 0 Å². The van der Waals surface area contributed by atoms with Crippen molar-refractivity contribution >= 4 is 11.3 Å². The summed E-state index contributed by atoms with van der Waals surface area (Å²) in [7, 11) is 0. The van der Waals surface area contributed by atoms with Crippen molar-refractivity contribution in [1.82, 2.24) is 15.6 Å². The molecule has 2 atom stereocenters. The molecule has 13 heavy (non-hydrogen) atoms. The van der Waals surface area contributed by atoms with Gasteiger partial charge < -0.3 is 10.6 Å². The normalized spacial score (nSPS) is 24.8. The van der Waals surface area contributed by atoms with Gasteiger partial charge in [-0.15, -0.1) is 11.3 Å². The van der Waals surface area contributed by atoms with Gasteiger partial charge in [0.1, 0.15) is 5.01 Å². The van der Waals surface area contributed by atoms with Crippen LogP contribution in [0.25, 0.3) is 0 Å². The van der Waals surface area contributed by atoms with Crippen LogP contribution in [0.15, 0.2) is 11.6 Å². The Labute approximate surface area is 82.6 Å². The fourth-order valence-electron chi connectivity index (χ4n) is 1.67. The third kappa shape index (κ3) is 2.27. The molecule has 3 nitrogen and oxygen atoms in total. The molecule has 1 fully saturated rings. The van der Waals surface area contributed by atoms with E-state index < -0.39 is 0 Å². The molecule has 0 saturated carbocycles. The Morgan fingerprint density at radius 3 is 3.31 bits per heavy atom. The summed E-state index contributed by atoms with van der Waals surface area (Å²) in [6.45, 7) is 4.41. The maximum atomic E-state index is 4.29. The Morgan fingerprint density at radius 1 is 1.77 bits per heavy atom. The molecule has 1 saturated heterocycles. The van der Waals surface area contributed by atoms with E-state index in [0.29, 0.717) is 12.1 Å². The first-order chi connectivity index (χ1) is 6.36. The first-order valence-corrected chi connectivity index (χ1v) is 5.60. The van der Waals surface area contributed by atoms with Gasteiger partial charge in [-0.25, -0.2) is 4.98 Å². The summed E-state index contributed by atoms with van der Waals surface area (Å²) in [5, 5.41) is 10.1. The molecule has 2 heterocycles. The zero-order valence-corrected chi connectivity index (χ0v) is 8.60. The first kappa shape index (κ1) is 9.12. The second kappa shape index (κ2) is 4.17. The topological polar surface area (TPSA) is 37.0 Å². The van der Waals surface area contributed by atoms with E-state index in [-0.39, 0.29) is 0 Å². The fraction of sp³-hybridized carbons (Fsp3) is 0.667. The molecule has 0 aromatic carbocycles. The molecule has 0 amide bonds. The fourth-order valence-corrected chi connectivity index (χ4v) is 2.33. The number of hydrogen-bond donors (Lipinski definition) is 2. The largest absolute Gasteiger partial charge is 0.315 e. The third-order valence-corrected chi connectivity index (χ3v) is 3.33. The summed E-state index contributed by atoms with van der Waals surface area (Å²) in [5.41, 5.74) is 0. The van der Waals surface area contributed by atoms with Crippen molar-refractivity contribution in [2.24, 2.45) is 0 Å². The van der Waals surface area contributed by atoms with Crippen LogP contribution >= 0.6 is 11.3 Å². The second-order valence-electron chi connectivity index (χ2n) is 3.45. The van der Waals surface area contributed by atoms with Gasteiger partial charge in [0, 0.05) is 24.2 Å². The van der Waals surface area contributed by atoms with Gasteiger partial charge in [0.05, 0.1) is 6.04 Å². The first-order valence-electron chi connectivity index (χ1n) is 4.72. The minimum atomic E-state index is 0.393. The standard InChI is InChI=1S/C9H15N3S/c1-7(9-11-4-5-13-9)12-8-2-3-10-6-8/h4-5,7-8,10,12H,2-3,6H2,1H3/t7-,8+/m1/s1. The molecule has 0 radical (unpaired) electrons. The second-order valence-corrected chi connectivity index (χ2v) is 4.37. The summed E-state index contributed by atoms with van der Waals surface area (Å²) in [5.74, 6) is 0. The Kier molecular flexibility index (Phi) is 2.93. The summed E-state index contributed by atoms with van der Waals surface area (Å²) in [4.78, 5) is 4.29. The average molecular weight is 197 g/mol. The van der Waals surface area contributed by atoms with Crippen molar-refractivity contribution in [2.75, 3.05) is 13.1 Å². The van der Waals surface area contributed by atoms with E-state index in [2.05, 4.69) is 22.5 Å². The van der Waals surface area contributed by atoms with Gasteiger partial charge in [-0.3, -0.25) is 0 Å². The molecule has 1 aromatic heterocycles. The Bertz CT molecular complexity index is 241. The van der Waals surface area contributed by atoms with Crippen LogP contribution in [-0.4, -0.2) is 24.1 Å². The minimum absolute atomic E-state index is 0.393. The van der Waals surface area contributed by atoms with E-state index >= 15 is 0 Å². The van der Waals surface area contributed by atoms with E-state index in [1.807, 2.05) is 11.6 Å². The average Bonchev–Trinajstić information content (AvgIpc) is 2.74. The van der Waals surface area contributed by atoms with Crippen LogP contribution in [0.4, 0.5) is 0 Å². The molecule has 0 unspecified atom stereocenters. The highest BCUT2D eigenvalue weighted by molar-refractivity contribution is 7.09. The molecule has 4 heteroatoms. The van der Waals surface area contributed by atoms with Crippen LogP contribution in [0.5, 0.6) is 0 Å². The van der Waals surface area contributed by atoms with E-state index in [1.54, 1.807) is 11.3 Å². The van der Waals surface area contributed by atoms with Crippen LogP contribution < -0.4 is 10.6 Å². The van der Waals surface area contributed by atoms with E-state index in [9.17, 15) is 0 Å². The Hall–Kier alpha value is -0.450. The minimum Gasteiger partial charge on any atom is -0.315 e. The van der Waals surface area contributed by atoms with E-state index in [0.717, 1.165) is 13.1 Å². The van der Waals surface area contributed by atoms with Crippen LogP contribution in [0, 0.1) is 0 Å². The summed E-state index contributed by atoms with van der Waals surface area (Å²) < 4.78 is 0. The Balaban J connectivity index is 1.87. The lowest BCUT2D eigenvalue weighted by atomic mass is 10.2. The molecule has 0 spiro atoms. The zero-order valence-electron chi connectivity index (χ0n) is 7.79. The molecule has 0 aliphatic carbocycles. The quantitative estimate of drug-likeness (QED) is 0.763. The molecule has 2 rings (SSSR count). The predicted molar refractivity (Wildman–Crippen MR) is 54.9 cm³/mol. The third-order valence-electron chi connectivity index (χ3n) is 2.37. The van der Waals surface area contributed by atoms with Crippen molar-refractivity contribution < 1.29 is 0 Å². The number of hydrogen-bond acceptors (Lipinski definition) is 4. The summed E-state index contributed by atoms with van der Waals surface area (Å²) >= 11 is 1.72. The van der Waals surface area contributed by atoms with Crippen LogP contribution in [0.2, 0.25) is 0 Å². The highest BCUT2D eigenvalue weighted by Gasteiger charge is 2.17. The summed E-state index contributed by atoms with van der Waals surface area (Å²) in [6.07, 6.45) is 3.10. The lowest BCUT2D eigenvalue weighted by molar-refractivity contribution is 0.477. The number of aromatic nitrogens is 1. The van der Waals surface area contributed by atoms with Crippen molar-refractivity contribution in [3.05, 3.63) is 16.6 Å². The predicted octanol–water partition coefficient (Wildman–Crippen LogP) is 1.16. The highest BCUT2D eigenvalue weighted by atomic mass is 32.1. The highest BCUT2D eigenvalue weighted by Crippen LogP contribution is 2.16. The monoisotopic (exact) mass is 197 g/mol. The molecule has 2 N–H and O–H groups in total. The number of nitrogens with zero attached hydrogens (tertiary/aromatic N) is 1. The number of nitrogens with one attached hydrogen (secondary N) is 2. The molecule has 72 valence electrons. The molecule has 1 aliphatic rings. The maximum absolute atomic E-state index is 4.29. The van der Waals surface area contributed by atoms with Crippen molar-refractivity contribution in [2.45, 2.75) is 25.4 Å². The van der Waals surface area contributed by atoms with Crippen LogP contribution in [-0.2, 0) is 0 Å². The molecule has 1 aliphatic heterocycles. The van der Waals surface area contributed by atoms with Gasteiger partial charge in [0.15, 0.2) is 0 Å². The lowest BCUT2D eigenvalue weighted by Crippen LogP contribution is -2.33.